The second kappa shape index (κ2) is 9.86. The zero-order valence-corrected chi connectivity index (χ0v) is 15.5. The molecule has 8 heteroatoms. The highest BCUT2D eigenvalue weighted by atomic mass is 127. The van der Waals surface area contributed by atoms with E-state index in [2.05, 4.69) is 4.99 Å². The van der Waals surface area contributed by atoms with E-state index < -0.39 is 0 Å². The van der Waals surface area contributed by atoms with Crippen molar-refractivity contribution in [1.82, 2.24) is 4.90 Å². The molecule has 0 bridgehead atoms. The Bertz CT molecular complexity index is 351. The number of aliphatic hydroxyl groups is 1. The first-order valence-electron chi connectivity index (χ1n) is 7.64. The van der Waals surface area contributed by atoms with Crippen LogP contribution in [0.5, 0.6) is 0 Å². The smallest absolute Gasteiger partial charge is 0.191 e. The van der Waals surface area contributed by atoms with Gasteiger partial charge < -0.3 is 30.0 Å². The number of hydrogen-bond donors (Lipinski definition) is 2. The van der Waals surface area contributed by atoms with Crippen LogP contribution in [0.15, 0.2) is 4.99 Å². The molecule has 1 unspecified atom stereocenters. The molecule has 22 heavy (non-hydrogen) atoms. The molecule has 7 nitrogen and oxygen atoms in total. The summed E-state index contributed by atoms with van der Waals surface area (Å²) in [6.45, 7) is 6.42. The molecule has 2 fully saturated rings. The number of morpholine rings is 1. The third kappa shape index (κ3) is 5.80. The summed E-state index contributed by atoms with van der Waals surface area (Å²) < 4.78 is 16.7. The summed E-state index contributed by atoms with van der Waals surface area (Å²) in [6.07, 6.45) is 1.74. The molecule has 2 aliphatic heterocycles. The number of rotatable bonds is 5. The summed E-state index contributed by atoms with van der Waals surface area (Å²) in [5.41, 5.74) is 5.74. The van der Waals surface area contributed by atoms with E-state index in [4.69, 9.17) is 25.1 Å². The highest BCUT2D eigenvalue weighted by molar-refractivity contribution is 14.0. The first kappa shape index (κ1) is 19.9. The van der Waals surface area contributed by atoms with Gasteiger partial charge in [-0.05, 0) is 6.92 Å². The molecule has 0 radical (unpaired) electrons. The van der Waals surface area contributed by atoms with Crippen molar-refractivity contribution in [3.8, 4) is 0 Å². The Morgan fingerprint density at radius 3 is 2.77 bits per heavy atom. The van der Waals surface area contributed by atoms with Gasteiger partial charge in [0.1, 0.15) is 0 Å². The van der Waals surface area contributed by atoms with Crippen molar-refractivity contribution in [2.24, 2.45) is 10.7 Å². The van der Waals surface area contributed by atoms with Crippen LogP contribution in [-0.2, 0) is 14.2 Å². The van der Waals surface area contributed by atoms with Gasteiger partial charge in [0.15, 0.2) is 5.96 Å². The van der Waals surface area contributed by atoms with E-state index in [9.17, 15) is 0 Å². The Hall–Kier alpha value is -0.160. The molecule has 0 spiro atoms. The molecule has 130 valence electrons. The molecule has 0 saturated carbocycles. The number of aliphatic imine (C=N–C) groups is 1. The molecule has 0 aliphatic carbocycles. The summed E-state index contributed by atoms with van der Waals surface area (Å²) in [4.78, 5) is 6.58. The number of halogens is 1. The molecular weight excluding hydrogens is 401 g/mol. The number of nitrogens with zero attached hydrogens (tertiary/aromatic N) is 2. The van der Waals surface area contributed by atoms with Crippen LogP contribution in [-0.4, -0.2) is 80.3 Å². The topological polar surface area (TPSA) is 89.5 Å². The Labute approximate surface area is 149 Å². The fraction of sp³-hybridized carbons (Fsp3) is 0.929. The Kier molecular flexibility index (Phi) is 8.91. The highest BCUT2D eigenvalue weighted by Crippen LogP contribution is 2.25. The SMILES string of the molecule is CC1CN(C(N)=NCC2(OCCO)CCOCC2)CCO1.I. The molecule has 2 aliphatic rings. The van der Waals surface area contributed by atoms with E-state index in [1.165, 1.54) is 0 Å². The molecule has 2 heterocycles. The summed E-state index contributed by atoms with van der Waals surface area (Å²) in [5, 5.41) is 8.98. The second-order valence-electron chi connectivity index (χ2n) is 5.67. The number of ether oxygens (including phenoxy) is 3. The number of nitrogens with two attached hydrogens (primary N) is 1. The van der Waals surface area contributed by atoms with E-state index >= 15 is 0 Å². The lowest BCUT2D eigenvalue weighted by atomic mass is 9.94. The van der Waals surface area contributed by atoms with Crippen LogP contribution >= 0.6 is 24.0 Å². The average molecular weight is 429 g/mol. The van der Waals surface area contributed by atoms with Crippen molar-refractivity contribution in [2.45, 2.75) is 31.5 Å². The van der Waals surface area contributed by atoms with Crippen LogP contribution in [0.2, 0.25) is 0 Å². The monoisotopic (exact) mass is 429 g/mol. The molecule has 0 aromatic rings. The van der Waals surface area contributed by atoms with E-state index in [0.29, 0.717) is 38.9 Å². The lowest BCUT2D eigenvalue weighted by Crippen LogP contribution is -2.49. The number of hydrogen-bond acceptors (Lipinski definition) is 5. The molecular formula is C14H28IN3O4. The van der Waals surface area contributed by atoms with Gasteiger partial charge in [0, 0.05) is 39.1 Å². The van der Waals surface area contributed by atoms with Gasteiger partial charge in [-0.25, -0.2) is 0 Å². The van der Waals surface area contributed by atoms with Gasteiger partial charge >= 0.3 is 0 Å². The fourth-order valence-corrected chi connectivity index (χ4v) is 2.71. The summed E-state index contributed by atoms with van der Waals surface area (Å²) in [6, 6.07) is 0. The van der Waals surface area contributed by atoms with Crippen molar-refractivity contribution in [3.05, 3.63) is 0 Å². The van der Waals surface area contributed by atoms with Gasteiger partial charge in [0.2, 0.25) is 0 Å². The van der Waals surface area contributed by atoms with E-state index in [1.807, 2.05) is 11.8 Å². The van der Waals surface area contributed by atoms with Crippen LogP contribution in [0, 0.1) is 0 Å². The van der Waals surface area contributed by atoms with Crippen molar-refractivity contribution in [1.29, 1.82) is 0 Å². The zero-order valence-electron chi connectivity index (χ0n) is 13.2. The average Bonchev–Trinajstić information content (AvgIpc) is 2.52. The van der Waals surface area contributed by atoms with Crippen LogP contribution in [0.25, 0.3) is 0 Å². The van der Waals surface area contributed by atoms with Gasteiger partial charge in [0.05, 0.1) is 38.1 Å². The van der Waals surface area contributed by atoms with Gasteiger partial charge in [-0.2, -0.15) is 0 Å². The maximum atomic E-state index is 8.98. The Balaban J connectivity index is 0.00000242. The maximum Gasteiger partial charge on any atom is 0.191 e. The lowest BCUT2D eigenvalue weighted by molar-refractivity contribution is -0.111. The fourth-order valence-electron chi connectivity index (χ4n) is 2.71. The largest absolute Gasteiger partial charge is 0.394 e. The van der Waals surface area contributed by atoms with Crippen molar-refractivity contribution in [3.63, 3.8) is 0 Å². The molecule has 0 aromatic carbocycles. The van der Waals surface area contributed by atoms with E-state index in [-0.39, 0.29) is 42.3 Å². The minimum absolute atomic E-state index is 0. The van der Waals surface area contributed by atoms with Crippen molar-refractivity contribution in [2.75, 3.05) is 52.7 Å². The molecule has 2 rings (SSSR count). The minimum Gasteiger partial charge on any atom is -0.394 e. The highest BCUT2D eigenvalue weighted by Gasteiger charge is 2.33. The van der Waals surface area contributed by atoms with E-state index in [0.717, 1.165) is 25.9 Å². The summed E-state index contributed by atoms with van der Waals surface area (Å²) in [5.74, 6) is 0.545. The first-order valence-corrected chi connectivity index (χ1v) is 7.64. The van der Waals surface area contributed by atoms with Crippen molar-refractivity contribution < 1.29 is 19.3 Å². The molecule has 3 N–H and O–H groups in total. The van der Waals surface area contributed by atoms with Crippen LogP contribution in [0.1, 0.15) is 19.8 Å². The lowest BCUT2D eigenvalue weighted by Gasteiger charge is -2.36. The normalized spacial score (nSPS) is 25.6. The van der Waals surface area contributed by atoms with Gasteiger partial charge in [0.25, 0.3) is 0 Å². The Morgan fingerprint density at radius 2 is 2.14 bits per heavy atom. The third-order valence-corrected chi connectivity index (χ3v) is 4.00. The van der Waals surface area contributed by atoms with Crippen LogP contribution < -0.4 is 5.73 Å². The van der Waals surface area contributed by atoms with Crippen molar-refractivity contribution >= 4 is 29.9 Å². The quantitative estimate of drug-likeness (QED) is 0.369. The van der Waals surface area contributed by atoms with E-state index in [1.54, 1.807) is 0 Å². The van der Waals surface area contributed by atoms with Gasteiger partial charge in [-0.3, -0.25) is 4.99 Å². The van der Waals surface area contributed by atoms with Crippen LogP contribution in [0.3, 0.4) is 0 Å². The summed E-state index contributed by atoms with van der Waals surface area (Å²) >= 11 is 0. The predicted molar refractivity (Wildman–Crippen MR) is 94.7 cm³/mol. The Morgan fingerprint density at radius 1 is 1.41 bits per heavy atom. The first-order chi connectivity index (χ1) is 10.2. The standard InChI is InChI=1S/C14H27N3O4.HI/c1-12-10-17(4-8-20-12)13(15)16-11-14(21-9-5-18)2-6-19-7-3-14;/h12,18H,2-11H2,1H3,(H2,15,16);1H. The molecule has 0 aromatic heterocycles. The third-order valence-electron chi connectivity index (χ3n) is 4.00. The predicted octanol–water partition coefficient (Wildman–Crippen LogP) is 0.198. The molecule has 1 atom stereocenters. The summed E-state index contributed by atoms with van der Waals surface area (Å²) in [7, 11) is 0. The minimum atomic E-state index is -0.358. The van der Waals surface area contributed by atoms with Gasteiger partial charge in [-0.15, -0.1) is 24.0 Å². The number of guanidine groups is 1. The zero-order chi connectivity index (χ0) is 15.1. The van der Waals surface area contributed by atoms with Crippen LogP contribution in [0.4, 0.5) is 0 Å². The van der Waals surface area contributed by atoms with Gasteiger partial charge in [-0.1, -0.05) is 0 Å². The number of aliphatic hydroxyl groups excluding tert-OH is 1. The second-order valence-corrected chi connectivity index (χ2v) is 5.67. The molecule has 2 saturated heterocycles. The molecule has 0 amide bonds. The maximum absolute atomic E-state index is 8.98.